The third-order valence-electron chi connectivity index (χ3n) is 4.68. The molecule has 148 valence electrons. The van der Waals surface area contributed by atoms with Crippen molar-refractivity contribution >= 4 is 29.9 Å². The van der Waals surface area contributed by atoms with Gasteiger partial charge in [-0.1, -0.05) is 31.2 Å². The number of hydrogen-bond donors (Lipinski definition) is 2. The van der Waals surface area contributed by atoms with Crippen LogP contribution in [0.25, 0.3) is 0 Å². The van der Waals surface area contributed by atoms with Gasteiger partial charge in [-0.3, -0.25) is 0 Å². The highest BCUT2D eigenvalue weighted by molar-refractivity contribution is 14.0. The van der Waals surface area contributed by atoms with E-state index < -0.39 is 0 Å². The summed E-state index contributed by atoms with van der Waals surface area (Å²) in [6, 6.07) is 8.70. The maximum Gasteiger partial charge on any atom is 0.191 e. The Balaban J connectivity index is 0.00000338. The highest BCUT2D eigenvalue weighted by Gasteiger charge is 2.29. The number of nitrogens with zero attached hydrogens (tertiary/aromatic N) is 2. The maximum absolute atomic E-state index is 5.85. The molecule has 0 saturated carbocycles. The molecule has 1 aromatic rings. The van der Waals surface area contributed by atoms with Crippen LogP contribution in [-0.2, 0) is 17.8 Å². The molecule has 1 heterocycles. The van der Waals surface area contributed by atoms with E-state index >= 15 is 0 Å². The molecule has 0 aromatic heterocycles. The van der Waals surface area contributed by atoms with Crippen LogP contribution in [0.1, 0.15) is 44.7 Å². The number of guanidine groups is 1. The molecule has 1 aliphatic rings. The van der Waals surface area contributed by atoms with Crippen molar-refractivity contribution in [3.8, 4) is 0 Å². The van der Waals surface area contributed by atoms with Gasteiger partial charge in [-0.25, -0.2) is 4.99 Å². The smallest absolute Gasteiger partial charge is 0.191 e. The molecule has 0 amide bonds. The molecule has 26 heavy (non-hydrogen) atoms. The molecule has 1 aromatic carbocycles. The number of halogens is 1. The minimum Gasteiger partial charge on any atom is -0.373 e. The lowest BCUT2D eigenvalue weighted by molar-refractivity contribution is 0.0243. The van der Waals surface area contributed by atoms with Gasteiger partial charge in [-0.05, 0) is 51.4 Å². The topological polar surface area (TPSA) is 48.9 Å². The van der Waals surface area contributed by atoms with E-state index in [1.54, 1.807) is 0 Å². The summed E-state index contributed by atoms with van der Waals surface area (Å²) in [5.74, 6) is 0.857. The summed E-state index contributed by atoms with van der Waals surface area (Å²) < 4.78 is 5.85. The van der Waals surface area contributed by atoms with E-state index in [1.807, 2.05) is 0 Å². The lowest BCUT2D eigenvalue weighted by Gasteiger charge is -2.24. The Morgan fingerprint density at radius 3 is 2.69 bits per heavy atom. The normalized spacial score (nSPS) is 20.1. The van der Waals surface area contributed by atoms with Gasteiger partial charge in [0.25, 0.3) is 0 Å². The van der Waals surface area contributed by atoms with Crippen molar-refractivity contribution < 1.29 is 4.74 Å². The number of nitrogens with one attached hydrogen (secondary N) is 2. The molecule has 1 saturated heterocycles. The molecule has 0 aliphatic carbocycles. The van der Waals surface area contributed by atoms with Crippen LogP contribution in [0.4, 0.5) is 0 Å². The lowest BCUT2D eigenvalue weighted by atomic mass is 10.0. The van der Waals surface area contributed by atoms with E-state index in [1.165, 1.54) is 11.1 Å². The molecule has 1 aliphatic heterocycles. The van der Waals surface area contributed by atoms with Gasteiger partial charge < -0.3 is 20.3 Å². The van der Waals surface area contributed by atoms with Crippen LogP contribution in [0.3, 0.4) is 0 Å². The van der Waals surface area contributed by atoms with Crippen LogP contribution < -0.4 is 10.6 Å². The largest absolute Gasteiger partial charge is 0.373 e. The Bertz CT molecular complexity index is 558. The predicted molar refractivity (Wildman–Crippen MR) is 120 cm³/mol. The molecule has 1 atom stereocenters. The monoisotopic (exact) mass is 474 g/mol. The minimum atomic E-state index is -0.0686. The van der Waals surface area contributed by atoms with Crippen molar-refractivity contribution in [2.75, 3.05) is 33.3 Å². The summed E-state index contributed by atoms with van der Waals surface area (Å²) in [6.07, 6.45) is 2.25. The molecule has 1 fully saturated rings. The molecule has 5 nitrogen and oxygen atoms in total. The number of ether oxygens (including phenoxy) is 1. The second kappa shape index (κ2) is 11.8. The Labute approximate surface area is 176 Å². The fourth-order valence-electron chi connectivity index (χ4n) is 3.01. The zero-order chi connectivity index (χ0) is 18.1. The maximum atomic E-state index is 5.85. The molecule has 2 N–H and O–H groups in total. The molecule has 2 rings (SSSR count). The predicted octanol–water partition coefficient (Wildman–Crippen LogP) is 3.38. The Hall–Kier alpha value is -0.860. The summed E-state index contributed by atoms with van der Waals surface area (Å²) in [4.78, 5) is 7.04. The van der Waals surface area contributed by atoms with Gasteiger partial charge in [0, 0.05) is 26.2 Å². The van der Waals surface area contributed by atoms with Crippen molar-refractivity contribution in [3.05, 3.63) is 35.4 Å². The summed E-state index contributed by atoms with van der Waals surface area (Å²) >= 11 is 0. The number of benzene rings is 1. The lowest BCUT2D eigenvalue weighted by Crippen LogP contribution is -2.45. The van der Waals surface area contributed by atoms with E-state index in [0.29, 0.717) is 6.54 Å². The van der Waals surface area contributed by atoms with Crippen LogP contribution in [0.2, 0.25) is 0 Å². The van der Waals surface area contributed by atoms with Crippen LogP contribution >= 0.6 is 24.0 Å². The Kier molecular flexibility index (Phi) is 10.5. The van der Waals surface area contributed by atoms with Gasteiger partial charge in [0.05, 0.1) is 12.1 Å². The van der Waals surface area contributed by atoms with Crippen LogP contribution in [0, 0.1) is 0 Å². The van der Waals surface area contributed by atoms with Crippen molar-refractivity contribution in [1.82, 2.24) is 15.5 Å². The minimum absolute atomic E-state index is 0. The first-order valence-electron chi connectivity index (χ1n) is 9.47. The fourth-order valence-corrected chi connectivity index (χ4v) is 3.01. The Morgan fingerprint density at radius 2 is 2.04 bits per heavy atom. The highest BCUT2D eigenvalue weighted by Crippen LogP contribution is 2.23. The van der Waals surface area contributed by atoms with E-state index in [4.69, 9.17) is 9.73 Å². The van der Waals surface area contributed by atoms with E-state index in [0.717, 1.165) is 51.6 Å². The molecule has 0 spiro atoms. The third kappa shape index (κ3) is 7.80. The van der Waals surface area contributed by atoms with Gasteiger partial charge in [0.2, 0.25) is 0 Å². The number of hydrogen-bond acceptors (Lipinski definition) is 3. The molecular weight excluding hydrogens is 439 g/mol. The quantitative estimate of drug-likeness (QED) is 0.345. The summed E-state index contributed by atoms with van der Waals surface area (Å²) in [5, 5.41) is 6.76. The summed E-state index contributed by atoms with van der Waals surface area (Å²) in [5.41, 5.74) is 2.50. The van der Waals surface area contributed by atoms with Gasteiger partial charge >= 0.3 is 0 Å². The zero-order valence-corrected chi connectivity index (χ0v) is 19.0. The molecular formula is C20H35IN4O. The first-order chi connectivity index (χ1) is 12.0. The first kappa shape index (κ1) is 23.2. The molecule has 0 radical (unpaired) electrons. The average Bonchev–Trinajstić information content (AvgIpc) is 3.04. The highest BCUT2D eigenvalue weighted by atomic mass is 127. The summed E-state index contributed by atoms with van der Waals surface area (Å²) in [7, 11) is 2.14. The third-order valence-corrected chi connectivity index (χ3v) is 4.68. The fraction of sp³-hybridized carbons (Fsp3) is 0.650. The van der Waals surface area contributed by atoms with E-state index in [2.05, 4.69) is 67.6 Å². The van der Waals surface area contributed by atoms with Crippen molar-refractivity contribution in [3.63, 3.8) is 0 Å². The summed E-state index contributed by atoms with van der Waals surface area (Å²) in [6.45, 7) is 11.7. The van der Waals surface area contributed by atoms with Crippen molar-refractivity contribution in [1.29, 1.82) is 0 Å². The SMILES string of the molecule is CCNC(=NCc1cccc(CN(C)CC)c1)NCC1(C)CCCO1.I. The van der Waals surface area contributed by atoms with Crippen LogP contribution in [0.5, 0.6) is 0 Å². The second-order valence-corrected chi connectivity index (χ2v) is 7.10. The zero-order valence-electron chi connectivity index (χ0n) is 16.7. The first-order valence-corrected chi connectivity index (χ1v) is 9.47. The van der Waals surface area contributed by atoms with E-state index in [-0.39, 0.29) is 29.6 Å². The van der Waals surface area contributed by atoms with Gasteiger partial charge in [0.15, 0.2) is 5.96 Å². The molecule has 0 bridgehead atoms. The molecule has 6 heteroatoms. The van der Waals surface area contributed by atoms with Crippen molar-refractivity contribution in [2.45, 2.75) is 52.3 Å². The standard InChI is InChI=1S/C20H34N4O.HI/c1-5-21-19(23-16-20(3)11-8-12-25-20)22-14-17-9-7-10-18(13-17)15-24(4)6-2;/h7,9-10,13H,5-6,8,11-12,14-16H2,1-4H3,(H2,21,22,23);1H. The number of rotatable bonds is 8. The van der Waals surface area contributed by atoms with E-state index in [9.17, 15) is 0 Å². The van der Waals surface area contributed by atoms with Gasteiger partial charge in [-0.15, -0.1) is 24.0 Å². The second-order valence-electron chi connectivity index (χ2n) is 7.10. The van der Waals surface area contributed by atoms with Gasteiger partial charge in [0.1, 0.15) is 0 Å². The van der Waals surface area contributed by atoms with Crippen molar-refractivity contribution in [2.24, 2.45) is 4.99 Å². The van der Waals surface area contributed by atoms with Gasteiger partial charge in [-0.2, -0.15) is 0 Å². The van der Waals surface area contributed by atoms with Crippen LogP contribution in [-0.4, -0.2) is 49.7 Å². The van der Waals surface area contributed by atoms with Crippen LogP contribution in [0.15, 0.2) is 29.3 Å². The number of aliphatic imine (C=N–C) groups is 1. The average molecular weight is 474 g/mol. The molecule has 1 unspecified atom stereocenters. The Morgan fingerprint density at radius 1 is 1.27 bits per heavy atom.